The molecule has 90 valence electrons. The quantitative estimate of drug-likeness (QED) is 0.876. The van der Waals surface area contributed by atoms with Crippen LogP contribution in [0.15, 0.2) is 11.4 Å². The Kier molecular flexibility index (Phi) is 4.35. The second-order valence-electron chi connectivity index (χ2n) is 3.99. The minimum Gasteiger partial charge on any atom is -0.376 e. The molecule has 2 unspecified atom stereocenters. The van der Waals surface area contributed by atoms with E-state index in [0.29, 0.717) is 13.2 Å². The van der Waals surface area contributed by atoms with Crippen LogP contribution in [0.5, 0.6) is 0 Å². The van der Waals surface area contributed by atoms with Crippen LogP contribution in [0.3, 0.4) is 0 Å². The van der Waals surface area contributed by atoms with Crippen molar-refractivity contribution in [3.63, 3.8) is 0 Å². The van der Waals surface area contributed by atoms with Gasteiger partial charge in [0.2, 0.25) is 0 Å². The highest BCUT2D eigenvalue weighted by atomic mass is 32.1. The summed E-state index contributed by atoms with van der Waals surface area (Å²) in [4.78, 5) is 1.37. The zero-order chi connectivity index (χ0) is 11.4. The van der Waals surface area contributed by atoms with Gasteiger partial charge in [0.05, 0.1) is 25.9 Å². The summed E-state index contributed by atoms with van der Waals surface area (Å²) in [5, 5.41) is 5.64. The molecule has 1 saturated heterocycles. The summed E-state index contributed by atoms with van der Waals surface area (Å²) in [5.74, 6) is 0. The zero-order valence-electron chi connectivity index (χ0n) is 9.86. The second-order valence-corrected chi connectivity index (χ2v) is 4.94. The predicted octanol–water partition coefficient (Wildman–Crippen LogP) is 2.12. The van der Waals surface area contributed by atoms with Crippen molar-refractivity contribution in [2.24, 2.45) is 0 Å². The Labute approximate surface area is 101 Å². The third-order valence-electron chi connectivity index (χ3n) is 2.82. The Morgan fingerprint density at radius 1 is 1.56 bits per heavy atom. The van der Waals surface area contributed by atoms with Gasteiger partial charge in [0.15, 0.2) is 0 Å². The van der Waals surface area contributed by atoms with E-state index < -0.39 is 0 Å². The maximum atomic E-state index is 5.79. The molecular weight excluding hydrogens is 222 g/mol. The first-order chi connectivity index (χ1) is 7.83. The van der Waals surface area contributed by atoms with Crippen LogP contribution in [0.25, 0.3) is 0 Å². The Morgan fingerprint density at radius 2 is 2.44 bits per heavy atom. The maximum absolute atomic E-state index is 5.79. The first kappa shape index (κ1) is 12.0. The van der Waals surface area contributed by atoms with E-state index in [2.05, 4.69) is 30.6 Å². The highest BCUT2D eigenvalue weighted by molar-refractivity contribution is 7.10. The number of likely N-dealkylation sites (N-methyl/N-ethyl adjacent to an activating group) is 1. The molecule has 1 aliphatic heterocycles. The zero-order valence-corrected chi connectivity index (χ0v) is 10.7. The normalized spacial score (nSPS) is 23.2. The summed E-state index contributed by atoms with van der Waals surface area (Å²) in [6.07, 6.45) is 0.144. The van der Waals surface area contributed by atoms with Crippen molar-refractivity contribution in [2.45, 2.75) is 26.0 Å². The molecule has 1 aromatic heterocycles. The lowest BCUT2D eigenvalue weighted by Gasteiger charge is -2.30. The van der Waals surface area contributed by atoms with Crippen molar-refractivity contribution in [3.8, 4) is 0 Å². The molecule has 1 aliphatic rings. The summed E-state index contributed by atoms with van der Waals surface area (Å²) >= 11 is 1.79. The van der Waals surface area contributed by atoms with Gasteiger partial charge in [-0.2, -0.15) is 0 Å². The Balaban J connectivity index is 2.12. The van der Waals surface area contributed by atoms with Gasteiger partial charge >= 0.3 is 0 Å². The Bertz CT molecular complexity index is 321. The minimum atomic E-state index is 0.144. The fraction of sp³-hybridized carbons (Fsp3) is 0.667. The first-order valence-electron chi connectivity index (χ1n) is 5.79. The molecule has 1 aromatic rings. The van der Waals surface area contributed by atoms with Gasteiger partial charge in [-0.25, -0.2) is 0 Å². The molecule has 16 heavy (non-hydrogen) atoms. The van der Waals surface area contributed by atoms with E-state index in [1.807, 2.05) is 0 Å². The molecule has 0 saturated carbocycles. The number of thiophene rings is 1. The molecule has 0 radical (unpaired) electrons. The van der Waals surface area contributed by atoms with Crippen molar-refractivity contribution in [2.75, 3.05) is 26.4 Å². The van der Waals surface area contributed by atoms with Crippen molar-refractivity contribution < 1.29 is 9.47 Å². The topological polar surface area (TPSA) is 30.5 Å². The van der Waals surface area contributed by atoms with Gasteiger partial charge in [0.25, 0.3) is 0 Å². The summed E-state index contributed by atoms with van der Waals surface area (Å²) in [6.45, 7) is 7.34. The summed E-state index contributed by atoms with van der Waals surface area (Å²) in [7, 11) is 0. The maximum Gasteiger partial charge on any atom is 0.101 e. The monoisotopic (exact) mass is 241 g/mol. The van der Waals surface area contributed by atoms with Gasteiger partial charge in [-0.1, -0.05) is 6.92 Å². The minimum absolute atomic E-state index is 0.144. The average Bonchev–Trinajstić information content (AvgIpc) is 2.73. The molecule has 3 nitrogen and oxygen atoms in total. The van der Waals surface area contributed by atoms with E-state index in [0.717, 1.165) is 13.2 Å². The molecule has 0 spiro atoms. The smallest absolute Gasteiger partial charge is 0.101 e. The summed E-state index contributed by atoms with van der Waals surface area (Å²) < 4.78 is 11.3. The van der Waals surface area contributed by atoms with Gasteiger partial charge < -0.3 is 14.8 Å². The molecule has 1 N–H and O–H groups in total. The molecule has 1 fully saturated rings. The van der Waals surface area contributed by atoms with Gasteiger partial charge in [0, 0.05) is 4.88 Å². The average molecular weight is 241 g/mol. The van der Waals surface area contributed by atoms with Crippen LogP contribution >= 0.6 is 11.3 Å². The van der Waals surface area contributed by atoms with Gasteiger partial charge in [-0.3, -0.25) is 0 Å². The van der Waals surface area contributed by atoms with Crippen molar-refractivity contribution in [1.82, 2.24) is 5.32 Å². The van der Waals surface area contributed by atoms with Crippen molar-refractivity contribution in [3.05, 3.63) is 21.9 Å². The Morgan fingerprint density at radius 3 is 3.00 bits per heavy atom. The standard InChI is InChI=1S/C12H19NO2S/c1-3-13-11(10-8-14-5-6-15-10)12-9(2)4-7-16-12/h4,7,10-11,13H,3,5-6,8H2,1-2H3. The van der Waals surface area contributed by atoms with Crippen LogP contribution in [0.4, 0.5) is 0 Å². The van der Waals surface area contributed by atoms with Crippen LogP contribution in [0, 0.1) is 6.92 Å². The molecular formula is C12H19NO2S. The third kappa shape index (κ3) is 2.63. The van der Waals surface area contributed by atoms with Crippen LogP contribution in [0.2, 0.25) is 0 Å². The van der Waals surface area contributed by atoms with E-state index in [1.165, 1.54) is 10.4 Å². The highest BCUT2D eigenvalue weighted by Crippen LogP contribution is 2.28. The number of nitrogens with one attached hydrogen (secondary N) is 1. The van der Waals surface area contributed by atoms with Gasteiger partial charge in [-0.15, -0.1) is 11.3 Å². The van der Waals surface area contributed by atoms with E-state index in [9.17, 15) is 0 Å². The largest absolute Gasteiger partial charge is 0.376 e. The molecule has 2 heterocycles. The SMILES string of the molecule is CCNC(c1sccc1C)C1COCCO1. The predicted molar refractivity (Wildman–Crippen MR) is 66.0 cm³/mol. The molecule has 0 aliphatic carbocycles. The van der Waals surface area contributed by atoms with Crippen LogP contribution in [0.1, 0.15) is 23.4 Å². The van der Waals surface area contributed by atoms with Gasteiger partial charge in [0.1, 0.15) is 6.10 Å². The molecule has 4 heteroatoms. The lowest BCUT2D eigenvalue weighted by atomic mass is 10.1. The lowest BCUT2D eigenvalue weighted by molar-refractivity contribution is -0.102. The fourth-order valence-corrected chi connectivity index (χ4v) is 3.07. The lowest BCUT2D eigenvalue weighted by Crippen LogP contribution is -2.40. The third-order valence-corrected chi connectivity index (χ3v) is 3.92. The van der Waals surface area contributed by atoms with E-state index in [4.69, 9.17) is 9.47 Å². The van der Waals surface area contributed by atoms with Crippen LogP contribution in [-0.4, -0.2) is 32.5 Å². The fourth-order valence-electron chi connectivity index (χ4n) is 2.01. The number of ether oxygens (including phenoxy) is 2. The number of hydrogen-bond donors (Lipinski definition) is 1. The first-order valence-corrected chi connectivity index (χ1v) is 6.67. The highest BCUT2D eigenvalue weighted by Gasteiger charge is 2.27. The van der Waals surface area contributed by atoms with E-state index >= 15 is 0 Å². The van der Waals surface area contributed by atoms with E-state index in [1.54, 1.807) is 11.3 Å². The van der Waals surface area contributed by atoms with Crippen molar-refractivity contribution in [1.29, 1.82) is 0 Å². The summed E-state index contributed by atoms with van der Waals surface area (Å²) in [6, 6.07) is 2.43. The van der Waals surface area contributed by atoms with Crippen LogP contribution in [-0.2, 0) is 9.47 Å². The Hall–Kier alpha value is -0.420. The molecule has 0 amide bonds. The van der Waals surface area contributed by atoms with Crippen molar-refractivity contribution >= 4 is 11.3 Å². The number of hydrogen-bond acceptors (Lipinski definition) is 4. The molecule has 0 aromatic carbocycles. The molecule has 2 atom stereocenters. The molecule has 2 rings (SSSR count). The van der Waals surface area contributed by atoms with Crippen LogP contribution < -0.4 is 5.32 Å². The number of rotatable bonds is 4. The molecule has 0 bridgehead atoms. The summed E-state index contributed by atoms with van der Waals surface area (Å²) in [5.41, 5.74) is 1.34. The number of aryl methyl sites for hydroxylation is 1. The van der Waals surface area contributed by atoms with E-state index in [-0.39, 0.29) is 12.1 Å². The second kappa shape index (κ2) is 5.77. The van der Waals surface area contributed by atoms with Gasteiger partial charge in [-0.05, 0) is 30.5 Å².